The molecule has 2 aromatic carbocycles. The van der Waals surface area contributed by atoms with Gasteiger partial charge in [-0.25, -0.2) is 0 Å². The molecule has 0 unspecified atom stereocenters. The average molecular weight is 350 g/mol. The van der Waals surface area contributed by atoms with E-state index in [4.69, 9.17) is 4.74 Å². The number of pyridine rings is 1. The Bertz CT molecular complexity index is 975. The standard InChI is InChI=1S/C21H22N2O3/c1-3-26-18-7-5-15(6-8-18)11-20(24)22-13-17-12-16-10-14(2)4-9-19(16)23-21(17)25/h4-10,12H,3,11,13H2,1-2H3,(H,22,24)(H,23,25). The third-order valence-corrected chi connectivity index (χ3v) is 4.15. The smallest absolute Gasteiger partial charge is 0.253 e. The predicted octanol–water partition coefficient (Wildman–Crippen LogP) is 3.09. The van der Waals surface area contributed by atoms with Crippen molar-refractivity contribution in [2.75, 3.05) is 6.61 Å². The summed E-state index contributed by atoms with van der Waals surface area (Å²) in [5, 5.41) is 3.78. The molecule has 0 aliphatic heterocycles. The number of aromatic amines is 1. The highest BCUT2D eigenvalue weighted by atomic mass is 16.5. The molecular formula is C21H22N2O3. The van der Waals surface area contributed by atoms with Gasteiger partial charge >= 0.3 is 0 Å². The van der Waals surface area contributed by atoms with Crippen LogP contribution < -0.4 is 15.6 Å². The summed E-state index contributed by atoms with van der Waals surface area (Å²) in [6.07, 6.45) is 0.261. The summed E-state index contributed by atoms with van der Waals surface area (Å²) < 4.78 is 5.39. The first-order valence-corrected chi connectivity index (χ1v) is 8.66. The fourth-order valence-electron chi connectivity index (χ4n) is 2.81. The molecule has 0 atom stereocenters. The number of amides is 1. The van der Waals surface area contributed by atoms with Crippen LogP contribution in [0.25, 0.3) is 10.9 Å². The monoisotopic (exact) mass is 350 g/mol. The summed E-state index contributed by atoms with van der Waals surface area (Å²) >= 11 is 0. The van der Waals surface area contributed by atoms with Crippen molar-refractivity contribution in [3.05, 3.63) is 75.6 Å². The van der Waals surface area contributed by atoms with Crippen LogP contribution in [0, 0.1) is 6.92 Å². The van der Waals surface area contributed by atoms with E-state index in [9.17, 15) is 9.59 Å². The van der Waals surface area contributed by atoms with Crippen molar-refractivity contribution < 1.29 is 9.53 Å². The van der Waals surface area contributed by atoms with Gasteiger partial charge in [-0.15, -0.1) is 0 Å². The number of benzene rings is 2. The highest BCUT2D eigenvalue weighted by Gasteiger charge is 2.07. The lowest BCUT2D eigenvalue weighted by Gasteiger charge is -2.08. The van der Waals surface area contributed by atoms with Crippen molar-refractivity contribution in [2.24, 2.45) is 0 Å². The molecule has 0 bridgehead atoms. The second-order valence-electron chi connectivity index (χ2n) is 6.24. The molecule has 1 amide bonds. The minimum absolute atomic E-state index is 0.127. The van der Waals surface area contributed by atoms with Gasteiger partial charge in [0.15, 0.2) is 0 Å². The van der Waals surface area contributed by atoms with Gasteiger partial charge in [0.2, 0.25) is 5.91 Å². The van der Waals surface area contributed by atoms with Gasteiger partial charge in [0, 0.05) is 17.6 Å². The molecule has 0 spiro atoms. The maximum atomic E-state index is 12.2. The van der Waals surface area contributed by atoms with E-state index in [1.807, 2.05) is 62.4 Å². The largest absolute Gasteiger partial charge is 0.494 e. The first kappa shape index (κ1) is 17.7. The van der Waals surface area contributed by atoms with Gasteiger partial charge < -0.3 is 15.0 Å². The number of carbonyl (C=O) groups excluding carboxylic acids is 1. The molecule has 2 N–H and O–H groups in total. The van der Waals surface area contributed by atoms with E-state index in [0.717, 1.165) is 27.8 Å². The van der Waals surface area contributed by atoms with E-state index in [0.29, 0.717) is 12.2 Å². The van der Waals surface area contributed by atoms with Gasteiger partial charge in [-0.3, -0.25) is 9.59 Å². The minimum atomic E-state index is -0.178. The third kappa shape index (κ3) is 4.30. The molecule has 0 aliphatic rings. The molecule has 0 aliphatic carbocycles. The van der Waals surface area contributed by atoms with Crippen LogP contribution in [0.2, 0.25) is 0 Å². The number of hydrogen-bond donors (Lipinski definition) is 2. The van der Waals surface area contributed by atoms with Gasteiger partial charge in [-0.1, -0.05) is 23.8 Å². The molecule has 3 aromatic rings. The van der Waals surface area contributed by atoms with Crippen LogP contribution in [-0.4, -0.2) is 17.5 Å². The van der Waals surface area contributed by atoms with E-state index in [-0.39, 0.29) is 24.4 Å². The Labute approximate surface area is 152 Å². The Morgan fingerprint density at radius 3 is 2.62 bits per heavy atom. The topological polar surface area (TPSA) is 71.2 Å². The Kier molecular flexibility index (Phi) is 5.37. The Hall–Kier alpha value is -3.08. The lowest BCUT2D eigenvalue weighted by atomic mass is 10.1. The van der Waals surface area contributed by atoms with E-state index in [2.05, 4.69) is 10.3 Å². The molecule has 0 fully saturated rings. The number of nitrogens with one attached hydrogen (secondary N) is 2. The first-order valence-electron chi connectivity index (χ1n) is 8.66. The number of carbonyl (C=O) groups is 1. The zero-order chi connectivity index (χ0) is 18.5. The Morgan fingerprint density at radius 2 is 1.88 bits per heavy atom. The summed E-state index contributed by atoms with van der Waals surface area (Å²) in [5.74, 6) is 0.660. The Morgan fingerprint density at radius 1 is 1.12 bits per heavy atom. The quantitative estimate of drug-likeness (QED) is 0.718. The van der Waals surface area contributed by atoms with Crippen LogP contribution in [0.3, 0.4) is 0 Å². The lowest BCUT2D eigenvalue weighted by Crippen LogP contribution is -2.27. The number of fused-ring (bicyclic) bond motifs is 1. The highest BCUT2D eigenvalue weighted by Crippen LogP contribution is 2.14. The number of aromatic nitrogens is 1. The van der Waals surface area contributed by atoms with Crippen LogP contribution in [0.4, 0.5) is 0 Å². The van der Waals surface area contributed by atoms with Gasteiger partial charge in [0.25, 0.3) is 5.56 Å². The number of aryl methyl sites for hydroxylation is 1. The lowest BCUT2D eigenvalue weighted by molar-refractivity contribution is -0.120. The first-order chi connectivity index (χ1) is 12.5. The van der Waals surface area contributed by atoms with Crippen LogP contribution in [0.5, 0.6) is 5.75 Å². The van der Waals surface area contributed by atoms with Crippen LogP contribution in [-0.2, 0) is 17.8 Å². The molecule has 134 valence electrons. The van der Waals surface area contributed by atoms with E-state index in [1.54, 1.807) is 0 Å². The summed E-state index contributed by atoms with van der Waals surface area (Å²) in [6, 6.07) is 15.1. The SMILES string of the molecule is CCOc1ccc(CC(=O)NCc2cc3cc(C)ccc3[nH]c2=O)cc1. The number of ether oxygens (including phenoxy) is 1. The molecule has 1 aromatic heterocycles. The predicted molar refractivity (Wildman–Crippen MR) is 102 cm³/mol. The normalized spacial score (nSPS) is 10.7. The molecule has 26 heavy (non-hydrogen) atoms. The van der Waals surface area contributed by atoms with Gasteiger partial charge in [-0.2, -0.15) is 0 Å². The molecule has 0 radical (unpaired) electrons. The molecule has 1 heterocycles. The minimum Gasteiger partial charge on any atom is -0.494 e. The number of H-pyrrole nitrogens is 1. The highest BCUT2D eigenvalue weighted by molar-refractivity contribution is 5.80. The van der Waals surface area contributed by atoms with Crippen molar-refractivity contribution in [1.29, 1.82) is 0 Å². The zero-order valence-electron chi connectivity index (χ0n) is 15.0. The second-order valence-corrected chi connectivity index (χ2v) is 6.24. The van der Waals surface area contributed by atoms with Crippen LogP contribution in [0.1, 0.15) is 23.6 Å². The van der Waals surface area contributed by atoms with Crippen molar-refractivity contribution >= 4 is 16.8 Å². The fourth-order valence-corrected chi connectivity index (χ4v) is 2.81. The van der Waals surface area contributed by atoms with Crippen LogP contribution >= 0.6 is 0 Å². The van der Waals surface area contributed by atoms with Crippen molar-refractivity contribution in [3.8, 4) is 5.75 Å². The van der Waals surface area contributed by atoms with Gasteiger partial charge in [0.05, 0.1) is 13.0 Å². The van der Waals surface area contributed by atoms with Crippen molar-refractivity contribution in [1.82, 2.24) is 10.3 Å². The maximum Gasteiger partial charge on any atom is 0.253 e. The molecule has 3 rings (SSSR count). The summed E-state index contributed by atoms with van der Waals surface area (Å²) in [5.41, 5.74) is 3.18. The third-order valence-electron chi connectivity index (χ3n) is 4.15. The maximum absolute atomic E-state index is 12.2. The van der Waals surface area contributed by atoms with Gasteiger partial charge in [-0.05, 0) is 55.1 Å². The van der Waals surface area contributed by atoms with Crippen molar-refractivity contribution in [3.63, 3.8) is 0 Å². The average Bonchev–Trinajstić information content (AvgIpc) is 2.62. The fraction of sp³-hybridized carbons (Fsp3) is 0.238. The zero-order valence-corrected chi connectivity index (χ0v) is 15.0. The number of hydrogen-bond acceptors (Lipinski definition) is 3. The van der Waals surface area contributed by atoms with E-state index in [1.165, 1.54) is 0 Å². The van der Waals surface area contributed by atoms with E-state index >= 15 is 0 Å². The second kappa shape index (κ2) is 7.87. The summed E-state index contributed by atoms with van der Waals surface area (Å²) in [6.45, 7) is 4.74. The molecule has 0 saturated carbocycles. The van der Waals surface area contributed by atoms with Gasteiger partial charge in [0.1, 0.15) is 5.75 Å². The molecule has 0 saturated heterocycles. The summed E-state index contributed by atoms with van der Waals surface area (Å²) in [4.78, 5) is 27.2. The molecule has 5 heteroatoms. The summed E-state index contributed by atoms with van der Waals surface area (Å²) in [7, 11) is 0. The molecule has 5 nitrogen and oxygen atoms in total. The van der Waals surface area contributed by atoms with Crippen LogP contribution in [0.15, 0.2) is 53.3 Å². The van der Waals surface area contributed by atoms with Crippen molar-refractivity contribution in [2.45, 2.75) is 26.8 Å². The number of rotatable bonds is 6. The Balaban J connectivity index is 1.64. The van der Waals surface area contributed by atoms with E-state index < -0.39 is 0 Å². The molecular weight excluding hydrogens is 328 g/mol.